The van der Waals surface area contributed by atoms with Crippen molar-refractivity contribution in [2.24, 2.45) is 0 Å². The molecule has 0 bridgehead atoms. The van der Waals surface area contributed by atoms with Gasteiger partial charge in [-0.25, -0.2) is 4.79 Å². The number of hydrogen-bond acceptors (Lipinski definition) is 4. The lowest BCUT2D eigenvalue weighted by Gasteiger charge is -2.14. The van der Waals surface area contributed by atoms with E-state index in [-0.39, 0.29) is 5.91 Å². The normalized spacial score (nSPS) is 11.7. The maximum Gasteiger partial charge on any atom is 0.328 e. The number of carbonyl (C=O) groups excluding carboxylic acids is 2. The predicted octanol–water partition coefficient (Wildman–Crippen LogP) is 1.08. The lowest BCUT2D eigenvalue weighted by Crippen LogP contribution is -2.41. The van der Waals surface area contributed by atoms with E-state index in [1.165, 1.54) is 7.11 Å². The van der Waals surface area contributed by atoms with Crippen LogP contribution in [0.1, 0.15) is 25.5 Å². The molecule has 18 heavy (non-hydrogen) atoms. The van der Waals surface area contributed by atoms with E-state index in [0.717, 1.165) is 5.69 Å². The number of ether oxygens (including phenoxy) is 1. The Hall–Kier alpha value is -1.91. The van der Waals surface area contributed by atoms with Gasteiger partial charge in [-0.15, -0.1) is 0 Å². The number of aryl methyl sites for hydroxylation is 1. The van der Waals surface area contributed by atoms with E-state index in [1.54, 1.807) is 6.20 Å². The molecular formula is C13H18N2O3. The summed E-state index contributed by atoms with van der Waals surface area (Å²) in [5, 5.41) is 2.65. The average molecular weight is 250 g/mol. The monoisotopic (exact) mass is 250 g/mol. The fourth-order valence-corrected chi connectivity index (χ4v) is 1.52. The van der Waals surface area contributed by atoms with E-state index in [9.17, 15) is 9.59 Å². The molecule has 0 aliphatic carbocycles. The maximum absolute atomic E-state index is 11.7. The summed E-state index contributed by atoms with van der Waals surface area (Å²) in [7, 11) is 1.31. The summed E-state index contributed by atoms with van der Waals surface area (Å²) in [5.41, 5.74) is 0.860. The highest BCUT2D eigenvalue weighted by atomic mass is 16.5. The number of hydrogen-bond donors (Lipinski definition) is 1. The predicted molar refractivity (Wildman–Crippen MR) is 66.8 cm³/mol. The molecule has 0 aromatic carbocycles. The lowest BCUT2D eigenvalue weighted by molar-refractivity contribution is -0.145. The summed E-state index contributed by atoms with van der Waals surface area (Å²) in [6.07, 6.45) is 3.08. The highest BCUT2D eigenvalue weighted by Gasteiger charge is 2.18. The summed E-state index contributed by atoms with van der Waals surface area (Å²) in [6.45, 7) is 1.82. The van der Waals surface area contributed by atoms with Crippen molar-refractivity contribution in [2.45, 2.75) is 32.2 Å². The van der Waals surface area contributed by atoms with Crippen LogP contribution in [0.4, 0.5) is 0 Å². The van der Waals surface area contributed by atoms with Gasteiger partial charge in [-0.2, -0.15) is 0 Å². The molecule has 1 heterocycles. The van der Waals surface area contributed by atoms with Gasteiger partial charge in [0.2, 0.25) is 5.91 Å². The summed E-state index contributed by atoms with van der Waals surface area (Å²) in [6, 6.07) is 5.01. The Bertz CT molecular complexity index is 392. The van der Waals surface area contributed by atoms with E-state index >= 15 is 0 Å². The van der Waals surface area contributed by atoms with E-state index in [1.807, 2.05) is 25.1 Å². The zero-order valence-corrected chi connectivity index (χ0v) is 10.7. The summed E-state index contributed by atoms with van der Waals surface area (Å²) in [5.74, 6) is -0.582. The SMILES string of the molecule is CCC(NC(=O)CCc1ccccn1)C(=O)OC. The van der Waals surface area contributed by atoms with Crippen LogP contribution in [0.15, 0.2) is 24.4 Å². The molecule has 1 N–H and O–H groups in total. The second kappa shape index (κ2) is 7.42. The minimum atomic E-state index is -0.564. The van der Waals surface area contributed by atoms with Gasteiger partial charge in [-0.05, 0) is 25.0 Å². The van der Waals surface area contributed by atoms with Crippen molar-refractivity contribution < 1.29 is 14.3 Å². The fraction of sp³-hybridized carbons (Fsp3) is 0.462. The van der Waals surface area contributed by atoms with Crippen molar-refractivity contribution in [3.8, 4) is 0 Å². The highest BCUT2D eigenvalue weighted by Crippen LogP contribution is 2.00. The highest BCUT2D eigenvalue weighted by molar-refractivity contribution is 5.84. The number of methoxy groups -OCH3 is 1. The largest absolute Gasteiger partial charge is 0.467 e. The second-order valence-electron chi connectivity index (χ2n) is 3.87. The van der Waals surface area contributed by atoms with Crippen molar-refractivity contribution in [2.75, 3.05) is 7.11 Å². The quantitative estimate of drug-likeness (QED) is 0.767. The van der Waals surface area contributed by atoms with Gasteiger partial charge in [-0.3, -0.25) is 9.78 Å². The molecule has 1 aromatic heterocycles. The molecule has 98 valence electrons. The van der Waals surface area contributed by atoms with Crippen LogP contribution in [0.2, 0.25) is 0 Å². The van der Waals surface area contributed by atoms with Crippen LogP contribution in [-0.4, -0.2) is 30.0 Å². The minimum absolute atomic E-state index is 0.169. The molecule has 0 saturated carbocycles. The van der Waals surface area contributed by atoms with Crippen molar-refractivity contribution >= 4 is 11.9 Å². The van der Waals surface area contributed by atoms with Crippen molar-refractivity contribution in [1.82, 2.24) is 10.3 Å². The van der Waals surface area contributed by atoms with Gasteiger partial charge in [0, 0.05) is 18.3 Å². The van der Waals surface area contributed by atoms with Gasteiger partial charge in [-0.1, -0.05) is 13.0 Å². The molecule has 1 aromatic rings. The molecule has 5 heteroatoms. The van der Waals surface area contributed by atoms with Crippen molar-refractivity contribution in [1.29, 1.82) is 0 Å². The van der Waals surface area contributed by atoms with Crippen LogP contribution in [0.5, 0.6) is 0 Å². The first-order valence-electron chi connectivity index (χ1n) is 5.94. The first-order valence-corrected chi connectivity index (χ1v) is 5.94. The fourth-order valence-electron chi connectivity index (χ4n) is 1.52. The number of amides is 1. The zero-order valence-electron chi connectivity index (χ0n) is 10.7. The van der Waals surface area contributed by atoms with E-state index < -0.39 is 12.0 Å². The van der Waals surface area contributed by atoms with Crippen molar-refractivity contribution in [3.05, 3.63) is 30.1 Å². The Morgan fingerprint density at radius 3 is 2.78 bits per heavy atom. The smallest absolute Gasteiger partial charge is 0.328 e. The molecule has 1 atom stereocenters. The second-order valence-corrected chi connectivity index (χ2v) is 3.87. The number of carbonyl (C=O) groups is 2. The first kappa shape index (κ1) is 14.2. The molecule has 0 aliphatic rings. The van der Waals surface area contributed by atoms with Gasteiger partial charge < -0.3 is 10.1 Å². The number of nitrogens with zero attached hydrogens (tertiary/aromatic N) is 1. The number of nitrogens with one attached hydrogen (secondary N) is 1. The van der Waals surface area contributed by atoms with Crippen LogP contribution < -0.4 is 5.32 Å². The third kappa shape index (κ3) is 4.53. The summed E-state index contributed by atoms with van der Waals surface area (Å²) in [4.78, 5) is 27.1. The van der Waals surface area contributed by atoms with Crippen LogP contribution in [0.25, 0.3) is 0 Å². The van der Waals surface area contributed by atoms with Crippen LogP contribution in [0.3, 0.4) is 0 Å². The molecule has 1 unspecified atom stereocenters. The first-order chi connectivity index (χ1) is 8.67. The maximum atomic E-state index is 11.7. The molecule has 1 rings (SSSR count). The number of pyridine rings is 1. The molecule has 0 radical (unpaired) electrons. The van der Waals surface area contributed by atoms with Crippen LogP contribution >= 0.6 is 0 Å². The Morgan fingerprint density at radius 2 is 2.22 bits per heavy atom. The lowest BCUT2D eigenvalue weighted by atomic mass is 10.2. The zero-order chi connectivity index (χ0) is 13.4. The Labute approximate surface area is 107 Å². The molecule has 0 fully saturated rings. The molecule has 5 nitrogen and oxygen atoms in total. The molecule has 0 aliphatic heterocycles. The molecular weight excluding hydrogens is 232 g/mol. The van der Waals surface area contributed by atoms with Crippen LogP contribution in [0, 0.1) is 0 Å². The van der Waals surface area contributed by atoms with E-state index in [2.05, 4.69) is 15.0 Å². The molecule has 1 amide bonds. The summed E-state index contributed by atoms with van der Waals surface area (Å²) < 4.78 is 4.60. The van der Waals surface area contributed by atoms with Gasteiger partial charge in [0.15, 0.2) is 0 Å². The van der Waals surface area contributed by atoms with E-state index in [0.29, 0.717) is 19.3 Å². The Kier molecular flexibility index (Phi) is 5.84. The minimum Gasteiger partial charge on any atom is -0.467 e. The van der Waals surface area contributed by atoms with Gasteiger partial charge in [0.1, 0.15) is 6.04 Å². The third-order valence-corrected chi connectivity index (χ3v) is 2.56. The number of rotatable bonds is 6. The van der Waals surface area contributed by atoms with E-state index in [4.69, 9.17) is 0 Å². The Balaban J connectivity index is 2.39. The molecule has 0 spiro atoms. The van der Waals surface area contributed by atoms with Crippen LogP contribution in [-0.2, 0) is 20.7 Å². The number of esters is 1. The standard InChI is InChI=1S/C13H18N2O3/c1-3-11(13(17)18-2)15-12(16)8-7-10-6-4-5-9-14-10/h4-6,9,11H,3,7-8H2,1-2H3,(H,15,16). The van der Waals surface area contributed by atoms with Gasteiger partial charge in [0.05, 0.1) is 7.11 Å². The molecule has 0 saturated heterocycles. The Morgan fingerprint density at radius 1 is 1.44 bits per heavy atom. The van der Waals surface area contributed by atoms with Gasteiger partial charge >= 0.3 is 5.97 Å². The van der Waals surface area contributed by atoms with Gasteiger partial charge in [0.25, 0.3) is 0 Å². The number of aromatic nitrogens is 1. The average Bonchev–Trinajstić information content (AvgIpc) is 2.42. The summed E-state index contributed by atoms with van der Waals surface area (Å²) >= 11 is 0. The topological polar surface area (TPSA) is 68.3 Å². The third-order valence-electron chi connectivity index (χ3n) is 2.56. The van der Waals surface area contributed by atoms with Crippen molar-refractivity contribution in [3.63, 3.8) is 0 Å².